The van der Waals surface area contributed by atoms with Crippen LogP contribution in [-0.4, -0.2) is 31.4 Å². The highest BCUT2D eigenvalue weighted by atomic mass is 35.5. The zero-order valence-electron chi connectivity index (χ0n) is 9.56. The molecule has 0 aliphatic rings. The fourth-order valence-corrected chi connectivity index (χ4v) is 3.88. The van der Waals surface area contributed by atoms with Gasteiger partial charge in [-0.1, -0.05) is 29.5 Å². The Kier molecular flexibility index (Phi) is 5.06. The summed E-state index contributed by atoms with van der Waals surface area (Å²) in [7, 11) is -1.83. The second-order valence-corrected chi connectivity index (χ2v) is 8.26. The molecule has 0 aromatic heterocycles. The first kappa shape index (κ1) is 17.6. The van der Waals surface area contributed by atoms with Crippen LogP contribution in [0.25, 0.3) is 0 Å². The minimum absolute atomic E-state index is 0.292. The van der Waals surface area contributed by atoms with Gasteiger partial charge in [-0.05, 0) is 0 Å². The molecule has 0 spiro atoms. The molecule has 1 nitrogen and oxygen atoms in total. The topological polar surface area (TPSA) is 20.2 Å². The second-order valence-electron chi connectivity index (χ2n) is 3.96. The van der Waals surface area contributed by atoms with E-state index >= 15 is 0 Å². The molecule has 0 aliphatic heterocycles. The molecular formula is C10H8Cl2F6OSi. The Morgan fingerprint density at radius 2 is 1.40 bits per heavy atom. The molecule has 0 radical (unpaired) electrons. The summed E-state index contributed by atoms with van der Waals surface area (Å²) in [6.45, 7) is 0. The summed E-state index contributed by atoms with van der Waals surface area (Å²) in [4.78, 5) is 0. The largest absolute Gasteiger partial charge is 0.430 e. The maximum Gasteiger partial charge on any atom is 0.430 e. The van der Waals surface area contributed by atoms with Crippen molar-refractivity contribution in [3.8, 4) is 0 Å². The normalized spacial score (nSPS) is 14.5. The maximum atomic E-state index is 12.8. The third-order valence-corrected chi connectivity index (χ3v) is 4.89. The van der Waals surface area contributed by atoms with Crippen LogP contribution in [0.15, 0.2) is 24.3 Å². The van der Waals surface area contributed by atoms with Crippen molar-refractivity contribution >= 4 is 37.9 Å². The third kappa shape index (κ3) is 3.24. The Morgan fingerprint density at radius 1 is 0.950 bits per heavy atom. The van der Waals surface area contributed by atoms with E-state index in [2.05, 4.69) is 0 Å². The molecule has 0 aliphatic carbocycles. The van der Waals surface area contributed by atoms with E-state index in [-0.39, 0.29) is 5.19 Å². The quantitative estimate of drug-likeness (QED) is 0.501. The smallest absolute Gasteiger partial charge is 0.369 e. The van der Waals surface area contributed by atoms with Crippen molar-refractivity contribution < 1.29 is 31.4 Å². The molecule has 0 bridgehead atoms. The van der Waals surface area contributed by atoms with Crippen LogP contribution in [0.5, 0.6) is 0 Å². The molecule has 20 heavy (non-hydrogen) atoms. The molecule has 0 saturated carbocycles. The van der Waals surface area contributed by atoms with Crippen LogP contribution in [0.2, 0.25) is 0 Å². The number of benzene rings is 1. The highest BCUT2D eigenvalue weighted by molar-refractivity contribution is 6.76. The highest BCUT2D eigenvalue weighted by Crippen LogP contribution is 2.49. The van der Waals surface area contributed by atoms with Gasteiger partial charge in [-0.15, -0.1) is 23.2 Å². The summed E-state index contributed by atoms with van der Waals surface area (Å²) >= 11 is 10.9. The van der Waals surface area contributed by atoms with Crippen LogP contribution in [0.4, 0.5) is 26.3 Å². The van der Waals surface area contributed by atoms with Gasteiger partial charge >= 0.3 is 12.4 Å². The average Bonchev–Trinajstić information content (AvgIpc) is 2.24. The zero-order valence-corrected chi connectivity index (χ0v) is 12.5. The van der Waals surface area contributed by atoms with Gasteiger partial charge in [0.2, 0.25) is 0 Å². The van der Waals surface area contributed by atoms with Gasteiger partial charge in [-0.3, -0.25) is 0 Å². The van der Waals surface area contributed by atoms with Gasteiger partial charge in [0.05, 0.1) is 14.0 Å². The van der Waals surface area contributed by atoms with Gasteiger partial charge in [0, 0.05) is 5.56 Å². The first-order chi connectivity index (χ1) is 8.91. The van der Waals surface area contributed by atoms with Gasteiger partial charge in [-0.2, -0.15) is 26.3 Å². The monoisotopic (exact) mass is 356 g/mol. The summed E-state index contributed by atoms with van der Waals surface area (Å²) in [5, 5.41) is 9.04. The van der Waals surface area contributed by atoms with E-state index in [1.165, 1.54) is 6.07 Å². The Hall–Kier alpha value is -0.443. The van der Waals surface area contributed by atoms with Gasteiger partial charge in [0.15, 0.2) is 0 Å². The molecule has 0 heterocycles. The van der Waals surface area contributed by atoms with Crippen molar-refractivity contribution in [2.75, 3.05) is 0 Å². The lowest BCUT2D eigenvalue weighted by Crippen LogP contribution is -2.56. The minimum Gasteiger partial charge on any atom is -0.369 e. The number of alkyl halides is 8. The average molecular weight is 357 g/mol. The lowest BCUT2D eigenvalue weighted by Gasteiger charge is -2.34. The number of hydrogen-bond donors (Lipinski definition) is 1. The Balaban J connectivity index is 3.52. The van der Waals surface area contributed by atoms with Crippen LogP contribution in [-0.2, 0) is 5.60 Å². The van der Waals surface area contributed by atoms with E-state index in [1.807, 2.05) is 0 Å². The van der Waals surface area contributed by atoms with E-state index < -0.39 is 37.5 Å². The van der Waals surface area contributed by atoms with Crippen LogP contribution in [0, 0.1) is 0 Å². The lowest BCUT2D eigenvalue weighted by atomic mass is 9.92. The van der Waals surface area contributed by atoms with Crippen molar-refractivity contribution in [2.45, 2.75) is 22.4 Å². The standard InChI is InChI=1S/C10H8Cl2F6OSi/c11-7(12)20-6-4-2-1-3-5(6)8(19,9(13,14)15)10(16,17)18/h1-4,7,19H,20H2. The van der Waals surface area contributed by atoms with E-state index in [0.717, 1.165) is 12.1 Å². The van der Waals surface area contributed by atoms with E-state index in [4.69, 9.17) is 23.2 Å². The fourth-order valence-electron chi connectivity index (χ4n) is 1.68. The van der Waals surface area contributed by atoms with Crippen LogP contribution in [0.3, 0.4) is 0 Å². The molecule has 1 aromatic rings. The summed E-state index contributed by atoms with van der Waals surface area (Å²) < 4.78 is 75.6. The summed E-state index contributed by atoms with van der Waals surface area (Å²) in [6.07, 6.45) is -11.8. The van der Waals surface area contributed by atoms with E-state index in [9.17, 15) is 31.4 Å². The molecule has 1 aromatic carbocycles. The van der Waals surface area contributed by atoms with Crippen molar-refractivity contribution in [3.05, 3.63) is 29.8 Å². The predicted molar refractivity (Wildman–Crippen MR) is 66.1 cm³/mol. The molecule has 0 amide bonds. The predicted octanol–water partition coefficient (Wildman–Crippen LogP) is 2.55. The summed E-state index contributed by atoms with van der Waals surface area (Å²) in [5.41, 5.74) is -6.20. The van der Waals surface area contributed by atoms with Crippen molar-refractivity contribution in [3.63, 3.8) is 0 Å². The molecule has 0 atom stereocenters. The molecule has 0 unspecified atom stereocenters. The second kappa shape index (κ2) is 5.74. The zero-order chi connectivity index (χ0) is 15.8. The van der Waals surface area contributed by atoms with E-state index in [0.29, 0.717) is 6.07 Å². The molecule has 0 saturated heterocycles. The molecule has 10 heteroatoms. The minimum atomic E-state index is -5.91. The summed E-state index contributed by atoms with van der Waals surface area (Å²) in [6, 6.07) is 3.88. The van der Waals surface area contributed by atoms with Gasteiger partial charge in [0.25, 0.3) is 5.60 Å². The number of rotatable bonds is 3. The van der Waals surface area contributed by atoms with Gasteiger partial charge < -0.3 is 5.11 Å². The third-order valence-electron chi connectivity index (χ3n) is 2.60. The van der Waals surface area contributed by atoms with E-state index in [1.54, 1.807) is 0 Å². The van der Waals surface area contributed by atoms with Crippen molar-refractivity contribution in [1.29, 1.82) is 0 Å². The Morgan fingerprint density at radius 3 is 1.80 bits per heavy atom. The van der Waals surface area contributed by atoms with Crippen molar-refractivity contribution in [2.24, 2.45) is 0 Å². The van der Waals surface area contributed by atoms with Crippen LogP contribution < -0.4 is 5.19 Å². The van der Waals surface area contributed by atoms with Gasteiger partial charge in [0.1, 0.15) is 0 Å². The van der Waals surface area contributed by atoms with Crippen LogP contribution >= 0.6 is 23.2 Å². The lowest BCUT2D eigenvalue weighted by molar-refractivity contribution is -0.375. The Bertz CT molecular complexity index is 460. The van der Waals surface area contributed by atoms with Crippen LogP contribution in [0.1, 0.15) is 5.56 Å². The molecule has 0 fully saturated rings. The fraction of sp³-hybridized carbons (Fsp3) is 0.400. The number of hydrogen-bond acceptors (Lipinski definition) is 1. The number of halogens is 8. The molecule has 1 N–H and O–H groups in total. The summed E-state index contributed by atoms with van der Waals surface area (Å²) in [5.74, 6) is 0. The first-order valence-corrected chi connectivity index (χ1v) is 7.53. The molecular weight excluding hydrogens is 349 g/mol. The molecule has 114 valence electrons. The van der Waals surface area contributed by atoms with Crippen molar-refractivity contribution in [1.82, 2.24) is 0 Å². The highest BCUT2D eigenvalue weighted by Gasteiger charge is 2.71. The van der Waals surface area contributed by atoms with Gasteiger partial charge in [-0.25, -0.2) is 0 Å². The Labute approximate surface area is 122 Å². The molecule has 1 rings (SSSR count). The number of aliphatic hydroxyl groups is 1. The first-order valence-electron chi connectivity index (χ1n) is 5.13. The maximum absolute atomic E-state index is 12.8. The SMILES string of the molecule is OC(c1ccccc1[SiH2]C(Cl)Cl)(C(F)(F)F)C(F)(F)F.